The van der Waals surface area contributed by atoms with Gasteiger partial charge in [0.15, 0.2) is 5.82 Å². The standard InChI is InChI=1S/C15H15N5O3/c1-10-3-2-4-13-17-11(7-20(10)13)15(21)19-5-6-22-8-12(19)14-16-9-23-18-14/h2-4,7,9,12H,5-6,8H2,1H3. The molecule has 1 aliphatic heterocycles. The molecule has 8 heteroatoms. The van der Waals surface area contributed by atoms with Crippen LogP contribution in [0.3, 0.4) is 0 Å². The first kappa shape index (κ1) is 13.9. The monoisotopic (exact) mass is 313 g/mol. The summed E-state index contributed by atoms with van der Waals surface area (Å²) >= 11 is 0. The van der Waals surface area contributed by atoms with Crippen LogP contribution < -0.4 is 0 Å². The molecule has 0 N–H and O–H groups in total. The number of nitrogens with zero attached hydrogens (tertiary/aromatic N) is 5. The number of aryl methyl sites for hydroxylation is 1. The number of rotatable bonds is 2. The van der Waals surface area contributed by atoms with Crippen molar-refractivity contribution >= 4 is 11.6 Å². The van der Waals surface area contributed by atoms with Crippen LogP contribution in [0.2, 0.25) is 0 Å². The number of fused-ring (bicyclic) bond motifs is 1. The fourth-order valence-electron chi connectivity index (χ4n) is 2.78. The van der Waals surface area contributed by atoms with Gasteiger partial charge in [0.1, 0.15) is 17.4 Å². The van der Waals surface area contributed by atoms with Crippen molar-refractivity contribution in [1.29, 1.82) is 0 Å². The van der Waals surface area contributed by atoms with Gasteiger partial charge in [-0.3, -0.25) is 4.79 Å². The molecule has 1 fully saturated rings. The van der Waals surface area contributed by atoms with E-state index in [1.165, 1.54) is 6.39 Å². The van der Waals surface area contributed by atoms with Crippen molar-refractivity contribution in [2.75, 3.05) is 19.8 Å². The summed E-state index contributed by atoms with van der Waals surface area (Å²) in [5.74, 6) is 0.282. The molecule has 3 aromatic rings. The first-order chi connectivity index (χ1) is 11.2. The lowest BCUT2D eigenvalue weighted by atomic mass is 10.2. The van der Waals surface area contributed by atoms with E-state index in [-0.39, 0.29) is 11.9 Å². The van der Waals surface area contributed by atoms with E-state index in [2.05, 4.69) is 15.1 Å². The zero-order valence-electron chi connectivity index (χ0n) is 12.5. The molecule has 1 unspecified atom stereocenters. The van der Waals surface area contributed by atoms with Gasteiger partial charge in [0.05, 0.1) is 13.2 Å². The first-order valence-corrected chi connectivity index (χ1v) is 7.34. The zero-order valence-corrected chi connectivity index (χ0v) is 12.5. The number of hydrogen-bond acceptors (Lipinski definition) is 6. The van der Waals surface area contributed by atoms with Gasteiger partial charge in [-0.2, -0.15) is 4.98 Å². The smallest absolute Gasteiger partial charge is 0.274 e. The number of imidazole rings is 1. The van der Waals surface area contributed by atoms with Crippen LogP contribution in [0.4, 0.5) is 0 Å². The Morgan fingerprint density at radius 1 is 1.39 bits per heavy atom. The van der Waals surface area contributed by atoms with Gasteiger partial charge in [0, 0.05) is 18.4 Å². The van der Waals surface area contributed by atoms with Crippen molar-refractivity contribution in [3.8, 4) is 0 Å². The highest BCUT2D eigenvalue weighted by Gasteiger charge is 2.33. The molecule has 4 rings (SSSR count). The van der Waals surface area contributed by atoms with E-state index in [1.807, 2.05) is 29.5 Å². The van der Waals surface area contributed by atoms with Crippen LogP contribution in [0.25, 0.3) is 5.65 Å². The molecule has 118 valence electrons. The number of aromatic nitrogens is 4. The molecule has 0 radical (unpaired) electrons. The van der Waals surface area contributed by atoms with Crippen molar-refractivity contribution in [2.45, 2.75) is 13.0 Å². The van der Waals surface area contributed by atoms with Crippen LogP contribution in [0.5, 0.6) is 0 Å². The summed E-state index contributed by atoms with van der Waals surface area (Å²) in [4.78, 5) is 23.1. The van der Waals surface area contributed by atoms with E-state index < -0.39 is 0 Å². The number of ether oxygens (including phenoxy) is 1. The summed E-state index contributed by atoms with van der Waals surface area (Å²) < 4.78 is 12.1. The van der Waals surface area contributed by atoms with Crippen molar-refractivity contribution in [3.63, 3.8) is 0 Å². The number of carbonyl (C=O) groups is 1. The molecule has 0 aromatic carbocycles. The highest BCUT2D eigenvalue weighted by Crippen LogP contribution is 2.23. The van der Waals surface area contributed by atoms with Crippen LogP contribution >= 0.6 is 0 Å². The maximum absolute atomic E-state index is 12.9. The first-order valence-electron chi connectivity index (χ1n) is 7.34. The van der Waals surface area contributed by atoms with Gasteiger partial charge in [-0.25, -0.2) is 4.98 Å². The van der Waals surface area contributed by atoms with Gasteiger partial charge in [0.2, 0.25) is 6.39 Å². The molecule has 0 spiro atoms. The van der Waals surface area contributed by atoms with Crippen molar-refractivity contribution in [2.24, 2.45) is 0 Å². The Morgan fingerprint density at radius 3 is 3.09 bits per heavy atom. The van der Waals surface area contributed by atoms with E-state index in [4.69, 9.17) is 9.26 Å². The summed E-state index contributed by atoms with van der Waals surface area (Å²) in [6, 6.07) is 5.41. The van der Waals surface area contributed by atoms with E-state index in [0.29, 0.717) is 31.3 Å². The van der Waals surface area contributed by atoms with Crippen LogP contribution in [0.1, 0.15) is 28.0 Å². The van der Waals surface area contributed by atoms with Crippen LogP contribution in [0.15, 0.2) is 35.3 Å². The number of carbonyl (C=O) groups excluding carboxylic acids is 1. The molecule has 23 heavy (non-hydrogen) atoms. The Bertz CT molecular complexity index is 842. The molecule has 0 aliphatic carbocycles. The molecule has 8 nitrogen and oxygen atoms in total. The minimum atomic E-state index is -0.360. The third-order valence-corrected chi connectivity index (χ3v) is 3.98. The van der Waals surface area contributed by atoms with Gasteiger partial charge < -0.3 is 18.6 Å². The summed E-state index contributed by atoms with van der Waals surface area (Å²) in [5, 5.41) is 3.84. The zero-order chi connectivity index (χ0) is 15.8. The lowest BCUT2D eigenvalue weighted by Gasteiger charge is -2.33. The highest BCUT2D eigenvalue weighted by molar-refractivity contribution is 5.93. The maximum Gasteiger partial charge on any atom is 0.274 e. The molecule has 0 bridgehead atoms. The molecule has 4 heterocycles. The fraction of sp³-hybridized carbons (Fsp3) is 0.333. The van der Waals surface area contributed by atoms with Crippen molar-refractivity contribution < 1.29 is 14.1 Å². The summed E-state index contributed by atoms with van der Waals surface area (Å²) in [6.45, 7) is 3.26. The van der Waals surface area contributed by atoms with Gasteiger partial charge in [-0.05, 0) is 19.1 Å². The number of hydrogen-bond donors (Lipinski definition) is 0. The second kappa shape index (κ2) is 5.47. The third-order valence-electron chi connectivity index (χ3n) is 3.98. The van der Waals surface area contributed by atoms with E-state index in [9.17, 15) is 4.79 Å². The lowest BCUT2D eigenvalue weighted by Crippen LogP contribution is -2.44. The molecule has 1 aliphatic rings. The molecular weight excluding hydrogens is 298 g/mol. The van der Waals surface area contributed by atoms with E-state index in [1.54, 1.807) is 11.1 Å². The third kappa shape index (κ3) is 2.36. The molecule has 1 amide bonds. The molecular formula is C15H15N5O3. The molecule has 0 saturated carbocycles. The van der Waals surface area contributed by atoms with Crippen molar-refractivity contribution in [1.82, 2.24) is 24.4 Å². The van der Waals surface area contributed by atoms with E-state index >= 15 is 0 Å². The number of pyridine rings is 1. The minimum Gasteiger partial charge on any atom is -0.377 e. The van der Waals surface area contributed by atoms with Crippen LogP contribution in [-0.2, 0) is 4.74 Å². The quantitative estimate of drug-likeness (QED) is 0.707. The number of morpholine rings is 1. The van der Waals surface area contributed by atoms with Gasteiger partial charge in [0.25, 0.3) is 5.91 Å². The minimum absolute atomic E-state index is 0.161. The Kier molecular flexibility index (Phi) is 3.30. The predicted molar refractivity (Wildman–Crippen MR) is 78.8 cm³/mol. The molecule has 3 aromatic heterocycles. The van der Waals surface area contributed by atoms with Gasteiger partial charge in [-0.1, -0.05) is 11.2 Å². The second-order valence-electron chi connectivity index (χ2n) is 5.40. The average Bonchev–Trinajstić information content (AvgIpc) is 3.24. The van der Waals surface area contributed by atoms with Gasteiger partial charge in [-0.15, -0.1) is 0 Å². The largest absolute Gasteiger partial charge is 0.377 e. The van der Waals surface area contributed by atoms with Gasteiger partial charge >= 0.3 is 0 Å². The summed E-state index contributed by atoms with van der Waals surface area (Å²) in [6.07, 6.45) is 3.01. The predicted octanol–water partition coefficient (Wildman–Crippen LogP) is 1.24. The Morgan fingerprint density at radius 2 is 2.30 bits per heavy atom. The fourth-order valence-corrected chi connectivity index (χ4v) is 2.78. The number of amides is 1. The Labute approximate surface area is 131 Å². The summed E-state index contributed by atoms with van der Waals surface area (Å²) in [7, 11) is 0. The second-order valence-corrected chi connectivity index (χ2v) is 5.40. The molecule has 1 saturated heterocycles. The SMILES string of the molecule is Cc1cccc2nc(C(=O)N3CCOCC3c3ncon3)cn12. The normalized spacial score (nSPS) is 18.5. The van der Waals surface area contributed by atoms with Crippen LogP contribution in [0, 0.1) is 6.92 Å². The average molecular weight is 313 g/mol. The topological polar surface area (TPSA) is 85.8 Å². The van der Waals surface area contributed by atoms with Crippen molar-refractivity contribution in [3.05, 3.63) is 48.0 Å². The lowest BCUT2D eigenvalue weighted by molar-refractivity contribution is -0.00603. The maximum atomic E-state index is 12.9. The van der Waals surface area contributed by atoms with E-state index in [0.717, 1.165) is 11.3 Å². The summed E-state index contributed by atoms with van der Waals surface area (Å²) in [5.41, 5.74) is 2.16. The highest BCUT2D eigenvalue weighted by atomic mass is 16.5. The molecule has 1 atom stereocenters. The Balaban J connectivity index is 1.69. The Hall–Kier alpha value is -2.74. The van der Waals surface area contributed by atoms with Crippen LogP contribution in [-0.4, -0.2) is 50.1 Å².